The summed E-state index contributed by atoms with van der Waals surface area (Å²) in [7, 11) is 0. The lowest BCUT2D eigenvalue weighted by Gasteiger charge is -2.28. The Bertz CT molecular complexity index is 404. The number of thioether (sulfide) groups is 1. The quantitative estimate of drug-likeness (QED) is 0.895. The Labute approximate surface area is 115 Å². The Hall–Kier alpha value is -0.470. The molecule has 2 heteroatoms. The van der Waals surface area contributed by atoms with Crippen molar-refractivity contribution in [3.05, 3.63) is 35.4 Å². The van der Waals surface area contributed by atoms with Gasteiger partial charge in [-0.2, -0.15) is 11.8 Å². The molecule has 3 atom stereocenters. The predicted octanol–water partition coefficient (Wildman–Crippen LogP) is 3.42. The van der Waals surface area contributed by atoms with Gasteiger partial charge in [-0.05, 0) is 55.9 Å². The molecule has 0 aliphatic heterocycles. The van der Waals surface area contributed by atoms with Crippen molar-refractivity contribution in [2.75, 3.05) is 6.26 Å². The summed E-state index contributed by atoms with van der Waals surface area (Å²) in [4.78, 5) is 0. The highest BCUT2D eigenvalue weighted by Gasteiger charge is 2.27. The molecule has 1 aromatic carbocycles. The van der Waals surface area contributed by atoms with E-state index in [1.54, 1.807) is 11.1 Å². The van der Waals surface area contributed by atoms with Crippen LogP contribution in [0.25, 0.3) is 0 Å². The van der Waals surface area contributed by atoms with E-state index in [2.05, 4.69) is 35.8 Å². The Morgan fingerprint density at radius 3 is 2.67 bits per heavy atom. The van der Waals surface area contributed by atoms with Crippen LogP contribution in [-0.4, -0.2) is 23.6 Å². The molecule has 3 rings (SSSR count). The van der Waals surface area contributed by atoms with E-state index in [1.165, 1.54) is 38.5 Å². The van der Waals surface area contributed by atoms with Gasteiger partial charge in [0.2, 0.25) is 0 Å². The van der Waals surface area contributed by atoms with Crippen molar-refractivity contribution in [3.8, 4) is 0 Å². The Kier molecular flexibility index (Phi) is 3.95. The zero-order chi connectivity index (χ0) is 12.4. The van der Waals surface area contributed by atoms with E-state index in [1.807, 2.05) is 11.8 Å². The molecule has 1 N–H and O–H groups in total. The van der Waals surface area contributed by atoms with E-state index in [4.69, 9.17) is 0 Å². The second-order valence-corrected chi connectivity index (χ2v) is 6.88. The average molecular weight is 261 g/mol. The average Bonchev–Trinajstić information content (AvgIpc) is 2.86. The number of hydrogen-bond donors (Lipinski definition) is 1. The smallest absolute Gasteiger partial charge is 0.0113 e. The largest absolute Gasteiger partial charge is 0.311 e. The van der Waals surface area contributed by atoms with Crippen molar-refractivity contribution in [2.24, 2.45) is 0 Å². The molecule has 0 aromatic heterocycles. The first-order valence-electron chi connectivity index (χ1n) is 7.21. The highest BCUT2D eigenvalue weighted by atomic mass is 32.2. The van der Waals surface area contributed by atoms with Gasteiger partial charge < -0.3 is 5.32 Å². The number of aryl methyl sites for hydroxylation is 1. The highest BCUT2D eigenvalue weighted by Crippen LogP contribution is 2.29. The van der Waals surface area contributed by atoms with Gasteiger partial charge in [0.25, 0.3) is 0 Å². The minimum absolute atomic E-state index is 0.713. The number of rotatable bonds is 3. The van der Waals surface area contributed by atoms with Gasteiger partial charge in [-0.1, -0.05) is 24.3 Å². The van der Waals surface area contributed by atoms with E-state index in [0.29, 0.717) is 6.04 Å². The van der Waals surface area contributed by atoms with Gasteiger partial charge in [-0.3, -0.25) is 0 Å². The molecule has 1 saturated carbocycles. The van der Waals surface area contributed by atoms with Gasteiger partial charge in [-0.15, -0.1) is 0 Å². The third kappa shape index (κ3) is 2.75. The molecule has 0 bridgehead atoms. The lowest BCUT2D eigenvalue weighted by atomic mass is 9.88. The summed E-state index contributed by atoms with van der Waals surface area (Å²) in [6.45, 7) is 0. The minimum atomic E-state index is 0.713. The predicted molar refractivity (Wildman–Crippen MR) is 80.3 cm³/mol. The fraction of sp³-hybridized carbons (Fsp3) is 0.625. The fourth-order valence-corrected chi connectivity index (χ4v) is 4.28. The number of fused-ring (bicyclic) bond motifs is 1. The summed E-state index contributed by atoms with van der Waals surface area (Å²) in [5.74, 6) is 0. The van der Waals surface area contributed by atoms with Crippen LogP contribution in [0.4, 0.5) is 0 Å². The first-order valence-corrected chi connectivity index (χ1v) is 8.49. The molecule has 2 aliphatic rings. The Morgan fingerprint density at radius 2 is 1.89 bits per heavy atom. The summed E-state index contributed by atoms with van der Waals surface area (Å²) in [5.41, 5.74) is 3.14. The highest BCUT2D eigenvalue weighted by molar-refractivity contribution is 7.99. The van der Waals surface area contributed by atoms with E-state index in [-0.39, 0.29) is 0 Å². The van der Waals surface area contributed by atoms with E-state index in [0.717, 1.165) is 11.3 Å². The molecule has 1 aromatic rings. The minimum Gasteiger partial charge on any atom is -0.311 e. The first-order chi connectivity index (χ1) is 8.85. The van der Waals surface area contributed by atoms with E-state index < -0.39 is 0 Å². The van der Waals surface area contributed by atoms with Crippen LogP contribution in [0, 0.1) is 0 Å². The van der Waals surface area contributed by atoms with E-state index >= 15 is 0 Å². The van der Waals surface area contributed by atoms with Crippen molar-refractivity contribution >= 4 is 11.8 Å². The monoisotopic (exact) mass is 261 g/mol. The van der Waals surface area contributed by atoms with Crippen molar-refractivity contribution in [1.82, 2.24) is 5.32 Å². The van der Waals surface area contributed by atoms with Crippen molar-refractivity contribution in [1.29, 1.82) is 0 Å². The molecule has 0 saturated heterocycles. The fourth-order valence-electron chi connectivity index (χ4n) is 3.48. The number of hydrogen-bond acceptors (Lipinski definition) is 2. The Morgan fingerprint density at radius 1 is 1.06 bits per heavy atom. The van der Waals surface area contributed by atoms with Crippen LogP contribution in [0.2, 0.25) is 0 Å². The second-order valence-electron chi connectivity index (χ2n) is 5.74. The molecule has 0 spiro atoms. The molecule has 18 heavy (non-hydrogen) atoms. The third-order valence-electron chi connectivity index (χ3n) is 4.54. The van der Waals surface area contributed by atoms with Crippen LogP contribution in [0.1, 0.15) is 36.8 Å². The van der Waals surface area contributed by atoms with Gasteiger partial charge in [0.15, 0.2) is 0 Å². The molecular formula is C16H23NS. The van der Waals surface area contributed by atoms with Gasteiger partial charge in [0, 0.05) is 17.3 Å². The van der Waals surface area contributed by atoms with Crippen LogP contribution < -0.4 is 5.32 Å². The topological polar surface area (TPSA) is 12.0 Å². The SMILES string of the molecule is CSC1CCC(NC2CCc3ccccc3C2)C1. The molecular weight excluding hydrogens is 238 g/mol. The van der Waals surface area contributed by atoms with Crippen molar-refractivity contribution < 1.29 is 0 Å². The normalized spacial score (nSPS) is 31.3. The van der Waals surface area contributed by atoms with Crippen molar-refractivity contribution in [3.63, 3.8) is 0 Å². The lowest BCUT2D eigenvalue weighted by molar-refractivity contribution is 0.396. The maximum Gasteiger partial charge on any atom is 0.0113 e. The Balaban J connectivity index is 1.57. The van der Waals surface area contributed by atoms with E-state index in [9.17, 15) is 0 Å². The number of nitrogens with one attached hydrogen (secondary N) is 1. The van der Waals surface area contributed by atoms with Crippen LogP contribution in [0.3, 0.4) is 0 Å². The molecule has 0 radical (unpaired) electrons. The molecule has 1 nitrogen and oxygen atoms in total. The maximum absolute atomic E-state index is 3.91. The van der Waals surface area contributed by atoms with Gasteiger partial charge in [0.1, 0.15) is 0 Å². The zero-order valence-corrected chi connectivity index (χ0v) is 12.0. The zero-order valence-electron chi connectivity index (χ0n) is 11.2. The standard InChI is InChI=1S/C16H23NS/c1-18-16-9-8-15(11-16)17-14-7-6-12-4-2-3-5-13(12)10-14/h2-5,14-17H,6-11H2,1H3. The van der Waals surface area contributed by atoms with Crippen LogP contribution in [-0.2, 0) is 12.8 Å². The molecule has 0 amide bonds. The summed E-state index contributed by atoms with van der Waals surface area (Å²) < 4.78 is 0. The maximum atomic E-state index is 3.91. The number of benzene rings is 1. The van der Waals surface area contributed by atoms with Crippen LogP contribution in [0.15, 0.2) is 24.3 Å². The molecule has 0 heterocycles. The van der Waals surface area contributed by atoms with Crippen molar-refractivity contribution in [2.45, 2.75) is 55.9 Å². The lowest BCUT2D eigenvalue weighted by Crippen LogP contribution is -2.40. The summed E-state index contributed by atoms with van der Waals surface area (Å²) >= 11 is 2.05. The molecule has 2 aliphatic carbocycles. The summed E-state index contributed by atoms with van der Waals surface area (Å²) in [6, 6.07) is 10.4. The summed E-state index contributed by atoms with van der Waals surface area (Å²) in [5, 5.41) is 4.81. The second kappa shape index (κ2) is 5.66. The van der Waals surface area contributed by atoms with Gasteiger partial charge >= 0.3 is 0 Å². The molecule has 1 fully saturated rings. The summed E-state index contributed by atoms with van der Waals surface area (Å²) in [6.07, 6.45) is 10.2. The van der Waals surface area contributed by atoms with Gasteiger partial charge in [-0.25, -0.2) is 0 Å². The first kappa shape index (κ1) is 12.6. The van der Waals surface area contributed by atoms with Crippen LogP contribution >= 0.6 is 11.8 Å². The van der Waals surface area contributed by atoms with Crippen LogP contribution in [0.5, 0.6) is 0 Å². The molecule has 3 unspecified atom stereocenters. The van der Waals surface area contributed by atoms with Gasteiger partial charge in [0.05, 0.1) is 0 Å². The third-order valence-corrected chi connectivity index (χ3v) is 5.63. The molecule has 98 valence electrons.